The first-order valence-corrected chi connectivity index (χ1v) is 11.0. The van der Waals surface area contributed by atoms with Gasteiger partial charge in [0.05, 0.1) is 23.6 Å². The molecule has 2 fully saturated rings. The molecule has 0 aromatic heterocycles. The van der Waals surface area contributed by atoms with Gasteiger partial charge in [0.2, 0.25) is 11.8 Å². The first-order valence-electron chi connectivity index (χ1n) is 11.0. The van der Waals surface area contributed by atoms with Gasteiger partial charge < -0.3 is 4.74 Å². The Bertz CT molecular complexity index is 1280. The molecule has 2 saturated heterocycles. The third-order valence-electron chi connectivity index (χ3n) is 6.55. The van der Waals surface area contributed by atoms with Crippen molar-refractivity contribution in [2.24, 2.45) is 16.9 Å². The van der Waals surface area contributed by atoms with Crippen LogP contribution in [-0.4, -0.2) is 46.9 Å². The minimum absolute atomic E-state index is 0.317. The molecule has 4 atom stereocenters. The fourth-order valence-corrected chi connectivity index (χ4v) is 5.16. The first kappa shape index (κ1) is 21.8. The van der Waals surface area contributed by atoms with Gasteiger partial charge in [-0.05, 0) is 55.8 Å². The monoisotopic (exact) mass is 457 g/mol. The fraction of sp³-hybridized carbons (Fsp3) is 0.269. The molecule has 172 valence electrons. The van der Waals surface area contributed by atoms with E-state index in [4.69, 9.17) is 4.74 Å². The maximum absolute atomic E-state index is 13.7. The molecule has 5 rings (SSSR count). The Morgan fingerprint density at radius 1 is 0.971 bits per heavy atom. The maximum atomic E-state index is 13.7. The number of anilines is 1. The number of ketones is 1. The third kappa shape index (κ3) is 3.34. The minimum atomic E-state index is -0.928. The highest BCUT2D eigenvalue weighted by Crippen LogP contribution is 2.46. The number of benzene rings is 2. The van der Waals surface area contributed by atoms with Crippen LogP contribution in [0.3, 0.4) is 0 Å². The van der Waals surface area contributed by atoms with Gasteiger partial charge >= 0.3 is 5.97 Å². The van der Waals surface area contributed by atoms with Crippen LogP contribution in [-0.2, 0) is 14.4 Å². The molecular weight excluding hydrogens is 434 g/mol. The number of hydrogen-bond acceptors (Lipinski definition) is 7. The summed E-state index contributed by atoms with van der Waals surface area (Å²) in [6.45, 7) is 5.11. The zero-order valence-electron chi connectivity index (χ0n) is 19.0. The normalized spacial score (nSPS) is 24.9. The maximum Gasteiger partial charge on any atom is 0.308 e. The molecule has 8 nitrogen and oxygen atoms in total. The van der Waals surface area contributed by atoms with Gasteiger partial charge in [-0.2, -0.15) is 5.10 Å². The SMILES string of the molecule is CC(=O)Oc1ccc(C(=O)[C@@H]2[C@@H]3C(=O)N(c4ccc(C)cc4C)C(=O)[C@@H]3[C@H]3C=CC=NN32)cc1. The molecule has 0 spiro atoms. The Kier molecular flexibility index (Phi) is 5.16. The molecule has 0 unspecified atom stereocenters. The smallest absolute Gasteiger partial charge is 0.308 e. The molecule has 2 aromatic carbocycles. The van der Waals surface area contributed by atoms with Crippen LogP contribution in [0, 0.1) is 25.7 Å². The summed E-state index contributed by atoms with van der Waals surface area (Å²) >= 11 is 0. The molecule has 8 heteroatoms. The number of hydrazone groups is 1. The number of fused-ring (bicyclic) bond motifs is 3. The second-order valence-electron chi connectivity index (χ2n) is 8.80. The Hall–Kier alpha value is -4.07. The molecule has 3 heterocycles. The van der Waals surface area contributed by atoms with Crippen molar-refractivity contribution in [3.05, 3.63) is 71.3 Å². The second kappa shape index (κ2) is 8.06. The van der Waals surface area contributed by atoms with Gasteiger partial charge in [-0.1, -0.05) is 23.8 Å². The molecule has 0 radical (unpaired) electrons. The lowest BCUT2D eigenvalue weighted by Crippen LogP contribution is -2.46. The van der Waals surface area contributed by atoms with E-state index in [0.29, 0.717) is 17.0 Å². The van der Waals surface area contributed by atoms with Gasteiger partial charge in [-0.3, -0.25) is 24.2 Å². The van der Waals surface area contributed by atoms with Crippen molar-refractivity contribution in [1.82, 2.24) is 5.01 Å². The second-order valence-corrected chi connectivity index (χ2v) is 8.80. The van der Waals surface area contributed by atoms with E-state index in [1.54, 1.807) is 35.5 Å². The Morgan fingerprint density at radius 2 is 1.68 bits per heavy atom. The van der Waals surface area contributed by atoms with Crippen LogP contribution in [0.5, 0.6) is 5.75 Å². The van der Waals surface area contributed by atoms with Crippen molar-refractivity contribution in [2.75, 3.05) is 4.90 Å². The highest BCUT2D eigenvalue weighted by atomic mass is 16.5. The molecule has 34 heavy (non-hydrogen) atoms. The van der Waals surface area contributed by atoms with Gasteiger partial charge in [-0.15, -0.1) is 0 Å². The van der Waals surface area contributed by atoms with Crippen LogP contribution in [0.1, 0.15) is 28.4 Å². The summed E-state index contributed by atoms with van der Waals surface area (Å²) in [5.41, 5.74) is 2.73. The number of aryl methyl sites for hydroxylation is 2. The summed E-state index contributed by atoms with van der Waals surface area (Å²) in [7, 11) is 0. The summed E-state index contributed by atoms with van der Waals surface area (Å²) in [5.74, 6) is -2.75. The number of hydrogen-bond donors (Lipinski definition) is 0. The van der Waals surface area contributed by atoms with Gasteiger partial charge in [0, 0.05) is 18.7 Å². The summed E-state index contributed by atoms with van der Waals surface area (Å²) in [5, 5.41) is 5.94. The van der Waals surface area contributed by atoms with Crippen LogP contribution in [0.4, 0.5) is 5.69 Å². The van der Waals surface area contributed by atoms with E-state index in [2.05, 4.69) is 5.10 Å². The van der Waals surface area contributed by atoms with Crippen LogP contribution in [0.2, 0.25) is 0 Å². The predicted octanol–water partition coefficient (Wildman–Crippen LogP) is 2.83. The van der Waals surface area contributed by atoms with E-state index in [1.807, 2.05) is 32.1 Å². The number of imide groups is 1. The number of carbonyl (C=O) groups is 4. The molecule has 0 N–H and O–H groups in total. The van der Waals surface area contributed by atoms with Gasteiger partial charge in [0.25, 0.3) is 0 Å². The standard InChI is InChI=1S/C26H23N3O5/c1-14-6-11-19(15(2)13-14)28-25(32)21-20-5-4-12-27-29(20)23(22(21)26(28)33)24(31)17-7-9-18(10-8-17)34-16(3)30/h4-13,20-23H,1-3H3/t20-,21-,22-,23+/m1/s1. The molecule has 0 saturated carbocycles. The average molecular weight is 457 g/mol. The number of amides is 2. The van der Waals surface area contributed by atoms with E-state index in [9.17, 15) is 19.2 Å². The number of rotatable bonds is 4. The van der Waals surface area contributed by atoms with Gasteiger partial charge in [-0.25, -0.2) is 4.90 Å². The summed E-state index contributed by atoms with van der Waals surface area (Å²) < 4.78 is 5.04. The van der Waals surface area contributed by atoms with E-state index in [1.165, 1.54) is 24.0 Å². The lowest BCUT2D eigenvalue weighted by Gasteiger charge is -2.30. The molecule has 2 amide bonds. The fourth-order valence-electron chi connectivity index (χ4n) is 5.16. The zero-order valence-corrected chi connectivity index (χ0v) is 19.0. The highest BCUT2D eigenvalue weighted by molar-refractivity contribution is 6.25. The summed E-state index contributed by atoms with van der Waals surface area (Å²) in [4.78, 5) is 53.3. The highest BCUT2D eigenvalue weighted by Gasteiger charge is 2.64. The average Bonchev–Trinajstić information content (AvgIpc) is 3.27. The Labute approximate surface area is 196 Å². The van der Waals surface area contributed by atoms with Crippen LogP contribution >= 0.6 is 0 Å². The number of nitrogens with zero attached hydrogens (tertiary/aromatic N) is 3. The van der Waals surface area contributed by atoms with Crippen LogP contribution in [0.25, 0.3) is 0 Å². The largest absolute Gasteiger partial charge is 0.427 e. The molecule has 2 aromatic rings. The number of esters is 1. The van der Waals surface area contributed by atoms with Gasteiger partial charge in [0.15, 0.2) is 5.78 Å². The number of carbonyl (C=O) groups excluding carboxylic acids is 4. The summed E-state index contributed by atoms with van der Waals surface area (Å²) in [6, 6.07) is 10.3. The van der Waals surface area contributed by atoms with Gasteiger partial charge in [0.1, 0.15) is 11.8 Å². The Morgan fingerprint density at radius 3 is 2.35 bits per heavy atom. The number of ether oxygens (including phenoxy) is 1. The van der Waals surface area contributed by atoms with Crippen molar-refractivity contribution >= 4 is 35.5 Å². The van der Waals surface area contributed by atoms with E-state index in [-0.39, 0.29) is 11.7 Å². The lowest BCUT2D eigenvalue weighted by atomic mass is 9.86. The van der Waals surface area contributed by atoms with E-state index >= 15 is 0 Å². The van der Waals surface area contributed by atoms with Crippen LogP contribution < -0.4 is 9.64 Å². The van der Waals surface area contributed by atoms with Crippen molar-refractivity contribution in [3.8, 4) is 5.75 Å². The summed E-state index contributed by atoms with van der Waals surface area (Å²) in [6.07, 6.45) is 5.10. The van der Waals surface area contributed by atoms with Crippen molar-refractivity contribution in [1.29, 1.82) is 0 Å². The lowest BCUT2D eigenvalue weighted by molar-refractivity contribution is -0.132. The molecular formula is C26H23N3O5. The quantitative estimate of drug-likeness (QED) is 0.303. The third-order valence-corrected chi connectivity index (χ3v) is 6.55. The van der Waals surface area contributed by atoms with E-state index < -0.39 is 35.8 Å². The number of Topliss-reactive ketones (excluding diaryl/α,β-unsaturated/α-hetero) is 1. The van der Waals surface area contributed by atoms with Crippen molar-refractivity contribution in [2.45, 2.75) is 32.9 Å². The van der Waals surface area contributed by atoms with Crippen molar-refractivity contribution in [3.63, 3.8) is 0 Å². The van der Waals surface area contributed by atoms with Crippen LogP contribution in [0.15, 0.2) is 59.7 Å². The zero-order chi connectivity index (χ0) is 24.1. The molecule has 0 bridgehead atoms. The molecule has 0 aliphatic carbocycles. The first-order chi connectivity index (χ1) is 16.3. The number of allylic oxidation sites excluding steroid dienone is 1. The predicted molar refractivity (Wildman–Crippen MR) is 125 cm³/mol. The van der Waals surface area contributed by atoms with Crippen molar-refractivity contribution < 1.29 is 23.9 Å². The Balaban J connectivity index is 1.53. The molecule has 3 aliphatic heterocycles. The molecule has 3 aliphatic rings. The minimum Gasteiger partial charge on any atom is -0.427 e. The van der Waals surface area contributed by atoms with E-state index in [0.717, 1.165) is 11.1 Å². The topological polar surface area (TPSA) is 96.3 Å².